The van der Waals surface area contributed by atoms with Crippen molar-refractivity contribution in [1.82, 2.24) is 14.5 Å². The number of aromatic nitrogens is 2. The van der Waals surface area contributed by atoms with E-state index in [1.807, 2.05) is 22.4 Å². The Morgan fingerprint density at radius 2 is 2.33 bits per heavy atom. The minimum absolute atomic E-state index is 0.00593. The third-order valence-corrected chi connectivity index (χ3v) is 5.43. The van der Waals surface area contributed by atoms with Gasteiger partial charge in [-0.3, -0.25) is 9.59 Å². The molecule has 1 saturated heterocycles. The summed E-state index contributed by atoms with van der Waals surface area (Å²) in [4.78, 5) is 28.0. The molecule has 0 radical (unpaired) electrons. The predicted octanol–water partition coefficient (Wildman–Crippen LogP) is 2.79. The van der Waals surface area contributed by atoms with Crippen LogP contribution in [0.4, 0.5) is 0 Å². The largest absolute Gasteiger partial charge is 0.334 e. The Balaban J connectivity index is 1.72. The Kier molecular flexibility index (Phi) is 4.12. The molecule has 5 nitrogen and oxygen atoms in total. The summed E-state index contributed by atoms with van der Waals surface area (Å²) in [5.41, 5.74) is 0.667. The first kappa shape index (κ1) is 14.3. The molecule has 1 unspecified atom stereocenters. The molecule has 1 amide bonds. The van der Waals surface area contributed by atoms with Crippen molar-refractivity contribution in [3.8, 4) is 0 Å². The molecule has 3 rings (SSSR count). The maximum absolute atomic E-state index is 12.6. The van der Waals surface area contributed by atoms with Crippen LogP contribution in [-0.4, -0.2) is 38.8 Å². The fourth-order valence-corrected chi connectivity index (χ4v) is 3.91. The summed E-state index contributed by atoms with van der Waals surface area (Å²) in [6.07, 6.45) is 2.23. The Bertz CT molecular complexity index is 651. The monoisotopic (exact) mass is 321 g/mol. The van der Waals surface area contributed by atoms with Crippen LogP contribution in [0.25, 0.3) is 0 Å². The van der Waals surface area contributed by atoms with Crippen molar-refractivity contribution < 1.29 is 9.59 Å². The number of thiophene rings is 1. The van der Waals surface area contributed by atoms with E-state index >= 15 is 0 Å². The van der Waals surface area contributed by atoms with Gasteiger partial charge in [0.05, 0.1) is 10.6 Å². The van der Waals surface area contributed by atoms with Gasteiger partial charge in [-0.05, 0) is 42.7 Å². The summed E-state index contributed by atoms with van der Waals surface area (Å²) in [6.45, 7) is 2.50. The van der Waals surface area contributed by atoms with Crippen molar-refractivity contribution in [2.75, 3.05) is 6.54 Å². The number of hydrogen-bond donors (Lipinski definition) is 0. The van der Waals surface area contributed by atoms with Crippen LogP contribution in [0, 0.1) is 6.92 Å². The van der Waals surface area contributed by atoms with Crippen molar-refractivity contribution in [1.29, 1.82) is 0 Å². The number of nitrogens with zero attached hydrogens (tertiary/aromatic N) is 3. The zero-order valence-corrected chi connectivity index (χ0v) is 13.2. The van der Waals surface area contributed by atoms with Crippen molar-refractivity contribution in [3.05, 3.63) is 33.0 Å². The number of carbonyl (C=O) groups is 2. The maximum Gasteiger partial charge on any atom is 0.267 e. The van der Waals surface area contributed by atoms with Crippen molar-refractivity contribution in [3.63, 3.8) is 0 Å². The molecule has 0 N–H and O–H groups in total. The van der Waals surface area contributed by atoms with Crippen LogP contribution in [0.1, 0.15) is 44.3 Å². The molecular weight excluding hydrogens is 306 g/mol. The highest BCUT2D eigenvalue weighted by molar-refractivity contribution is 7.12. The molecule has 2 aromatic heterocycles. The first-order valence-corrected chi connectivity index (χ1v) is 8.48. The highest BCUT2D eigenvalue weighted by atomic mass is 32.1. The fourth-order valence-electron chi connectivity index (χ4n) is 2.63. The Morgan fingerprint density at radius 1 is 1.48 bits per heavy atom. The summed E-state index contributed by atoms with van der Waals surface area (Å²) in [6, 6.07) is 3.71. The van der Waals surface area contributed by atoms with E-state index in [4.69, 9.17) is 0 Å². The van der Waals surface area contributed by atoms with Crippen LogP contribution in [0.2, 0.25) is 0 Å². The first-order chi connectivity index (χ1) is 10.2. The van der Waals surface area contributed by atoms with E-state index in [-0.39, 0.29) is 17.7 Å². The third-order valence-electron chi connectivity index (χ3n) is 3.70. The Hall–Kier alpha value is -1.60. The number of hydrogen-bond acceptors (Lipinski definition) is 6. The lowest BCUT2D eigenvalue weighted by Gasteiger charge is -2.23. The second-order valence-corrected chi connectivity index (χ2v) is 6.79. The van der Waals surface area contributed by atoms with Gasteiger partial charge < -0.3 is 4.90 Å². The van der Waals surface area contributed by atoms with Crippen molar-refractivity contribution in [2.45, 2.75) is 32.2 Å². The molecule has 0 spiro atoms. The topological polar surface area (TPSA) is 63.2 Å². The molecule has 0 aliphatic carbocycles. The van der Waals surface area contributed by atoms with Crippen molar-refractivity contribution >= 4 is 34.6 Å². The molecule has 0 aromatic carbocycles. The number of amides is 1. The molecule has 1 atom stereocenters. The van der Waals surface area contributed by atoms with Gasteiger partial charge in [0.15, 0.2) is 5.78 Å². The number of aryl methyl sites for hydroxylation is 1. The first-order valence-electron chi connectivity index (χ1n) is 6.83. The lowest BCUT2D eigenvalue weighted by Crippen LogP contribution is -2.36. The van der Waals surface area contributed by atoms with Gasteiger partial charge in [0.2, 0.25) is 0 Å². The van der Waals surface area contributed by atoms with Gasteiger partial charge in [-0.15, -0.1) is 16.4 Å². The highest BCUT2D eigenvalue weighted by Crippen LogP contribution is 2.26. The second-order valence-electron chi connectivity index (χ2n) is 5.09. The molecule has 110 valence electrons. The molecule has 3 heterocycles. The number of ketones is 1. The standard InChI is InChI=1S/C14H15N3O2S2/c1-9-13(21-16-15-9)14(19)17-6-2-4-10(17)8-11(18)12-5-3-7-20-12/h3,5,7,10H,2,4,6,8H2,1H3. The van der Waals surface area contributed by atoms with Gasteiger partial charge in [-0.1, -0.05) is 10.6 Å². The van der Waals surface area contributed by atoms with Gasteiger partial charge in [-0.25, -0.2) is 0 Å². The van der Waals surface area contributed by atoms with E-state index in [1.54, 1.807) is 6.92 Å². The van der Waals surface area contributed by atoms with Gasteiger partial charge in [0.25, 0.3) is 5.91 Å². The van der Waals surface area contributed by atoms with Gasteiger partial charge in [-0.2, -0.15) is 0 Å². The SMILES string of the molecule is Cc1nnsc1C(=O)N1CCCC1CC(=O)c1cccs1. The third kappa shape index (κ3) is 2.89. The molecule has 1 fully saturated rings. The van der Waals surface area contributed by atoms with Gasteiger partial charge in [0, 0.05) is 19.0 Å². The minimum Gasteiger partial charge on any atom is -0.334 e. The fraction of sp³-hybridized carbons (Fsp3) is 0.429. The Morgan fingerprint density at radius 3 is 3.00 bits per heavy atom. The molecule has 21 heavy (non-hydrogen) atoms. The molecule has 2 aromatic rings. The van der Waals surface area contributed by atoms with Crippen LogP contribution in [0.5, 0.6) is 0 Å². The maximum atomic E-state index is 12.6. The Labute approximate surface area is 130 Å². The molecule has 1 aliphatic heterocycles. The van der Waals surface area contributed by atoms with Crippen LogP contribution in [0.15, 0.2) is 17.5 Å². The average Bonchev–Trinajstić information content (AvgIpc) is 3.19. The van der Waals surface area contributed by atoms with E-state index in [1.165, 1.54) is 11.3 Å². The quantitative estimate of drug-likeness (QED) is 0.812. The summed E-state index contributed by atoms with van der Waals surface area (Å²) in [5.74, 6) is 0.0813. The van der Waals surface area contributed by atoms with Crippen molar-refractivity contribution in [2.24, 2.45) is 0 Å². The normalized spacial score (nSPS) is 18.1. The van der Waals surface area contributed by atoms with Gasteiger partial charge in [0.1, 0.15) is 4.88 Å². The average molecular weight is 321 g/mol. The van der Waals surface area contributed by atoms with E-state index in [2.05, 4.69) is 9.59 Å². The highest BCUT2D eigenvalue weighted by Gasteiger charge is 2.32. The summed E-state index contributed by atoms with van der Waals surface area (Å²) < 4.78 is 3.82. The lowest BCUT2D eigenvalue weighted by atomic mass is 10.1. The summed E-state index contributed by atoms with van der Waals surface area (Å²) >= 11 is 2.58. The zero-order valence-electron chi connectivity index (χ0n) is 11.6. The van der Waals surface area contributed by atoms with E-state index in [0.717, 1.165) is 29.3 Å². The minimum atomic E-state index is -0.0380. The molecule has 0 saturated carbocycles. The number of rotatable bonds is 4. The van der Waals surface area contributed by atoms with Crippen LogP contribution < -0.4 is 0 Å². The smallest absolute Gasteiger partial charge is 0.267 e. The number of Topliss-reactive ketones (excluding diaryl/α,β-unsaturated/α-hetero) is 1. The van der Waals surface area contributed by atoms with Crippen LogP contribution >= 0.6 is 22.9 Å². The predicted molar refractivity (Wildman–Crippen MR) is 82.0 cm³/mol. The van der Waals surface area contributed by atoms with E-state index in [9.17, 15) is 9.59 Å². The van der Waals surface area contributed by atoms with Crippen LogP contribution in [-0.2, 0) is 0 Å². The van der Waals surface area contributed by atoms with Gasteiger partial charge >= 0.3 is 0 Å². The molecule has 0 bridgehead atoms. The zero-order chi connectivity index (χ0) is 14.8. The number of likely N-dealkylation sites (tertiary alicyclic amines) is 1. The summed E-state index contributed by atoms with van der Waals surface area (Å²) in [7, 11) is 0. The van der Waals surface area contributed by atoms with E-state index < -0.39 is 0 Å². The number of carbonyl (C=O) groups excluding carboxylic acids is 2. The summed E-state index contributed by atoms with van der Waals surface area (Å²) in [5, 5.41) is 5.79. The lowest BCUT2D eigenvalue weighted by molar-refractivity contribution is 0.0721. The second kappa shape index (κ2) is 6.03. The molecule has 1 aliphatic rings. The van der Waals surface area contributed by atoms with Crippen LogP contribution in [0.3, 0.4) is 0 Å². The molecule has 7 heteroatoms. The van der Waals surface area contributed by atoms with E-state index in [0.29, 0.717) is 23.5 Å². The molecular formula is C14H15N3O2S2.